The number of hydrogen-bond donors (Lipinski definition) is 0. The Morgan fingerprint density at radius 2 is 2.17 bits per heavy atom. The van der Waals surface area contributed by atoms with E-state index >= 15 is 0 Å². The minimum absolute atomic E-state index is 0.0606. The second kappa shape index (κ2) is 6.20. The first-order valence-corrected chi connectivity index (χ1v) is 8.66. The minimum Gasteiger partial charge on any atom is -0.497 e. The van der Waals surface area contributed by atoms with E-state index in [1.807, 2.05) is 23.1 Å². The average molecular weight is 343 g/mol. The SMILES string of the molecule is COc1cccc(C(=O)N2CCC(c3nn4cnnc4s3)CC2)c1. The Morgan fingerprint density at radius 3 is 2.92 bits per heavy atom. The summed E-state index contributed by atoms with van der Waals surface area (Å²) in [5.41, 5.74) is 0.673. The van der Waals surface area contributed by atoms with Crippen LogP contribution in [0.15, 0.2) is 30.6 Å². The van der Waals surface area contributed by atoms with Gasteiger partial charge in [-0.25, -0.2) is 0 Å². The molecule has 4 rings (SSSR count). The van der Waals surface area contributed by atoms with Crippen molar-refractivity contribution in [2.75, 3.05) is 20.2 Å². The molecule has 3 aromatic rings. The van der Waals surface area contributed by atoms with Crippen LogP contribution in [0.3, 0.4) is 0 Å². The number of aromatic nitrogens is 4. The zero-order chi connectivity index (χ0) is 16.5. The molecule has 1 amide bonds. The highest BCUT2D eigenvalue weighted by Crippen LogP contribution is 2.31. The maximum atomic E-state index is 12.6. The van der Waals surface area contributed by atoms with Crippen molar-refractivity contribution in [2.45, 2.75) is 18.8 Å². The molecule has 124 valence electrons. The third-order valence-electron chi connectivity index (χ3n) is 4.35. The number of likely N-dealkylation sites (tertiary alicyclic amines) is 1. The molecule has 1 aromatic carbocycles. The number of amides is 1. The molecule has 0 atom stereocenters. The van der Waals surface area contributed by atoms with Gasteiger partial charge in [-0.05, 0) is 31.0 Å². The average Bonchev–Trinajstić information content (AvgIpc) is 3.23. The first-order valence-electron chi connectivity index (χ1n) is 7.84. The summed E-state index contributed by atoms with van der Waals surface area (Å²) in [6.45, 7) is 1.47. The highest BCUT2D eigenvalue weighted by Gasteiger charge is 2.27. The number of benzene rings is 1. The largest absolute Gasteiger partial charge is 0.497 e. The van der Waals surface area contributed by atoms with E-state index in [1.54, 1.807) is 35.4 Å². The van der Waals surface area contributed by atoms with E-state index in [0.29, 0.717) is 17.2 Å². The van der Waals surface area contributed by atoms with Gasteiger partial charge in [0, 0.05) is 24.6 Å². The van der Waals surface area contributed by atoms with Crippen LogP contribution in [0.2, 0.25) is 0 Å². The quantitative estimate of drug-likeness (QED) is 0.729. The molecule has 0 unspecified atom stereocenters. The van der Waals surface area contributed by atoms with Crippen LogP contribution >= 0.6 is 11.3 Å². The lowest BCUT2D eigenvalue weighted by molar-refractivity contribution is 0.0712. The van der Waals surface area contributed by atoms with E-state index in [4.69, 9.17) is 4.74 Å². The van der Waals surface area contributed by atoms with Crippen LogP contribution < -0.4 is 4.74 Å². The van der Waals surface area contributed by atoms with Crippen molar-refractivity contribution in [2.24, 2.45) is 0 Å². The zero-order valence-electron chi connectivity index (χ0n) is 13.3. The summed E-state index contributed by atoms with van der Waals surface area (Å²) in [6.07, 6.45) is 3.45. The second-order valence-corrected chi connectivity index (χ2v) is 6.78. The third kappa shape index (κ3) is 2.73. The fourth-order valence-corrected chi connectivity index (χ4v) is 4.00. The summed E-state index contributed by atoms with van der Waals surface area (Å²) in [4.78, 5) is 15.4. The van der Waals surface area contributed by atoms with Gasteiger partial charge in [-0.1, -0.05) is 17.4 Å². The second-order valence-electron chi connectivity index (χ2n) is 5.80. The molecule has 0 bridgehead atoms. The summed E-state index contributed by atoms with van der Waals surface area (Å²) in [7, 11) is 1.61. The molecule has 24 heavy (non-hydrogen) atoms. The predicted molar refractivity (Wildman–Crippen MR) is 89.5 cm³/mol. The Labute approximate surface area is 142 Å². The molecule has 0 N–H and O–H groups in total. The molecule has 0 aliphatic carbocycles. The van der Waals surface area contributed by atoms with Crippen LogP contribution in [0.25, 0.3) is 4.96 Å². The van der Waals surface area contributed by atoms with Gasteiger partial charge in [0.2, 0.25) is 4.96 Å². The summed E-state index contributed by atoms with van der Waals surface area (Å²) in [5.74, 6) is 1.15. The number of piperidine rings is 1. The number of rotatable bonds is 3. The fraction of sp³-hybridized carbons (Fsp3) is 0.375. The molecule has 0 spiro atoms. The molecule has 1 saturated heterocycles. The van der Waals surface area contributed by atoms with E-state index in [1.165, 1.54) is 0 Å². The highest BCUT2D eigenvalue weighted by atomic mass is 32.1. The molecular weight excluding hydrogens is 326 g/mol. The van der Waals surface area contributed by atoms with Gasteiger partial charge in [0.1, 0.15) is 17.1 Å². The first kappa shape index (κ1) is 15.1. The van der Waals surface area contributed by atoms with Crippen molar-refractivity contribution >= 4 is 22.2 Å². The molecule has 1 aliphatic rings. The number of methoxy groups -OCH3 is 1. The molecule has 0 saturated carbocycles. The number of fused-ring (bicyclic) bond motifs is 1. The van der Waals surface area contributed by atoms with Gasteiger partial charge in [-0.2, -0.15) is 9.61 Å². The maximum Gasteiger partial charge on any atom is 0.253 e. The zero-order valence-corrected chi connectivity index (χ0v) is 14.1. The molecule has 0 radical (unpaired) electrons. The minimum atomic E-state index is 0.0606. The van der Waals surface area contributed by atoms with Gasteiger partial charge in [0.15, 0.2) is 0 Å². The molecule has 8 heteroatoms. The summed E-state index contributed by atoms with van der Waals surface area (Å²) >= 11 is 1.58. The number of carbonyl (C=O) groups is 1. The van der Waals surface area contributed by atoms with Crippen molar-refractivity contribution < 1.29 is 9.53 Å². The van der Waals surface area contributed by atoms with Crippen LogP contribution in [0.4, 0.5) is 0 Å². The van der Waals surface area contributed by atoms with Gasteiger partial charge in [0.25, 0.3) is 5.91 Å². The Hall–Kier alpha value is -2.48. The van der Waals surface area contributed by atoms with Gasteiger partial charge in [-0.15, -0.1) is 10.2 Å². The van der Waals surface area contributed by atoms with E-state index in [-0.39, 0.29) is 5.91 Å². The summed E-state index contributed by atoms with van der Waals surface area (Å²) in [6, 6.07) is 7.31. The monoisotopic (exact) mass is 343 g/mol. The van der Waals surface area contributed by atoms with Crippen LogP contribution in [-0.2, 0) is 0 Å². The van der Waals surface area contributed by atoms with Crippen molar-refractivity contribution in [3.8, 4) is 5.75 Å². The number of ether oxygens (including phenoxy) is 1. The topological polar surface area (TPSA) is 72.6 Å². The first-order chi connectivity index (χ1) is 11.7. The van der Waals surface area contributed by atoms with Crippen molar-refractivity contribution in [3.05, 3.63) is 41.2 Å². The summed E-state index contributed by atoms with van der Waals surface area (Å²) in [5, 5.41) is 13.5. The van der Waals surface area contributed by atoms with E-state index in [2.05, 4.69) is 15.3 Å². The fourth-order valence-electron chi connectivity index (χ4n) is 3.01. The molecular formula is C16H17N5O2S. The van der Waals surface area contributed by atoms with E-state index in [0.717, 1.165) is 35.9 Å². The molecule has 7 nitrogen and oxygen atoms in total. The Morgan fingerprint density at radius 1 is 1.33 bits per heavy atom. The van der Waals surface area contributed by atoms with Gasteiger partial charge in [0.05, 0.1) is 7.11 Å². The lowest BCUT2D eigenvalue weighted by Gasteiger charge is -2.31. The normalized spacial score (nSPS) is 15.8. The van der Waals surface area contributed by atoms with E-state index < -0.39 is 0 Å². The van der Waals surface area contributed by atoms with Crippen LogP contribution in [0.1, 0.15) is 34.1 Å². The van der Waals surface area contributed by atoms with Crippen LogP contribution in [-0.4, -0.2) is 50.8 Å². The molecule has 1 fully saturated rings. The Kier molecular flexibility index (Phi) is 3.89. The standard InChI is InChI=1S/C16H17N5O2S/c1-23-13-4-2-3-12(9-13)15(22)20-7-5-11(6-8-20)14-19-21-10-17-18-16(21)24-14/h2-4,9-11H,5-8H2,1H3. The third-order valence-corrected chi connectivity index (χ3v) is 5.43. The van der Waals surface area contributed by atoms with Crippen molar-refractivity contribution in [1.29, 1.82) is 0 Å². The number of hydrogen-bond acceptors (Lipinski definition) is 6. The Bertz CT molecular complexity index is 838. The predicted octanol–water partition coefficient (Wildman–Crippen LogP) is 2.21. The van der Waals surface area contributed by atoms with Crippen molar-refractivity contribution in [1.82, 2.24) is 24.7 Å². The molecule has 3 heterocycles. The maximum absolute atomic E-state index is 12.6. The number of carbonyl (C=O) groups excluding carboxylic acids is 1. The lowest BCUT2D eigenvalue weighted by Crippen LogP contribution is -2.37. The van der Waals surface area contributed by atoms with Gasteiger partial charge < -0.3 is 9.64 Å². The number of nitrogens with zero attached hydrogens (tertiary/aromatic N) is 5. The smallest absolute Gasteiger partial charge is 0.253 e. The van der Waals surface area contributed by atoms with E-state index in [9.17, 15) is 4.79 Å². The van der Waals surface area contributed by atoms with Crippen molar-refractivity contribution in [3.63, 3.8) is 0 Å². The van der Waals surface area contributed by atoms with Crippen LogP contribution in [0, 0.1) is 0 Å². The molecule has 1 aliphatic heterocycles. The summed E-state index contributed by atoms with van der Waals surface area (Å²) < 4.78 is 6.91. The van der Waals surface area contributed by atoms with Gasteiger partial charge in [-0.3, -0.25) is 4.79 Å². The highest BCUT2D eigenvalue weighted by molar-refractivity contribution is 7.16. The van der Waals surface area contributed by atoms with Crippen LogP contribution in [0.5, 0.6) is 5.75 Å². The van der Waals surface area contributed by atoms with Gasteiger partial charge >= 0.3 is 0 Å². The Balaban J connectivity index is 1.43. The lowest BCUT2D eigenvalue weighted by atomic mass is 9.97. The molecule has 2 aromatic heterocycles.